The van der Waals surface area contributed by atoms with Crippen LogP contribution in [0.3, 0.4) is 0 Å². The number of rotatable bonds is 4. The number of anilines is 1. The average Bonchev–Trinajstić information content (AvgIpc) is 2.51. The molecule has 124 valence electrons. The lowest BCUT2D eigenvalue weighted by Gasteiger charge is -2.05. The number of aromatic hydroxyl groups is 1. The molecule has 0 saturated carbocycles. The number of nitrogens with one attached hydrogen (secondary N) is 2. The Morgan fingerprint density at radius 1 is 1.29 bits per heavy atom. The van der Waals surface area contributed by atoms with Crippen LogP contribution in [0.1, 0.15) is 22.8 Å². The van der Waals surface area contributed by atoms with Crippen molar-refractivity contribution in [2.45, 2.75) is 6.92 Å². The number of phenolic OH excluding ortho intramolecular Hbond substituents is 1. The molecule has 0 spiro atoms. The fourth-order valence-corrected chi connectivity index (χ4v) is 2.68. The summed E-state index contributed by atoms with van der Waals surface area (Å²) < 4.78 is 0.668. The number of hydrogen-bond donors (Lipinski definition) is 3. The topological polar surface area (TPSA) is 90.8 Å². The number of nitrogens with zero attached hydrogens (tertiary/aromatic N) is 1. The van der Waals surface area contributed by atoms with Gasteiger partial charge < -0.3 is 10.4 Å². The van der Waals surface area contributed by atoms with Gasteiger partial charge in [-0.25, -0.2) is 5.43 Å². The largest absolute Gasteiger partial charge is 0.506 e. The van der Waals surface area contributed by atoms with Gasteiger partial charge in [-0.05, 0) is 30.3 Å². The zero-order valence-corrected chi connectivity index (χ0v) is 14.9. The van der Waals surface area contributed by atoms with Gasteiger partial charge in [0.25, 0.3) is 5.91 Å². The highest BCUT2D eigenvalue weighted by Gasteiger charge is 2.08. The highest BCUT2D eigenvalue weighted by Crippen LogP contribution is 2.30. The predicted molar refractivity (Wildman–Crippen MR) is 96.6 cm³/mol. The van der Waals surface area contributed by atoms with Crippen LogP contribution in [0.15, 0.2) is 46.0 Å². The zero-order valence-electron chi connectivity index (χ0n) is 12.5. The van der Waals surface area contributed by atoms with E-state index >= 15 is 0 Å². The molecule has 0 bridgehead atoms. The summed E-state index contributed by atoms with van der Waals surface area (Å²) in [7, 11) is 0. The van der Waals surface area contributed by atoms with Gasteiger partial charge in [-0.2, -0.15) is 5.10 Å². The molecule has 0 unspecified atom stereocenters. The minimum absolute atomic E-state index is 0.134. The number of phenols is 1. The first kappa shape index (κ1) is 18.0. The number of halogens is 2. The Hall–Kier alpha value is -2.38. The molecule has 0 saturated heterocycles. The lowest BCUT2D eigenvalue weighted by molar-refractivity contribution is -0.114. The molecule has 0 atom stereocenters. The highest BCUT2D eigenvalue weighted by molar-refractivity contribution is 9.10. The summed E-state index contributed by atoms with van der Waals surface area (Å²) >= 11 is 9.11. The van der Waals surface area contributed by atoms with Gasteiger partial charge in [-0.3, -0.25) is 9.59 Å². The molecule has 8 heteroatoms. The molecule has 0 aliphatic rings. The standard InChI is InChI=1S/C16H13BrClN3O3/c1-9(22)20-13-4-2-3-10(6-13)16(24)21-19-8-11-5-12(17)7-14(18)15(11)23/h2-8,23H,1H3,(H,20,22)(H,21,24). The molecule has 3 N–H and O–H groups in total. The van der Waals surface area contributed by atoms with Crippen LogP contribution >= 0.6 is 27.5 Å². The first-order valence-electron chi connectivity index (χ1n) is 6.76. The number of carbonyl (C=O) groups excluding carboxylic acids is 2. The highest BCUT2D eigenvalue weighted by atomic mass is 79.9. The molecule has 2 aromatic rings. The number of benzene rings is 2. The molecule has 0 heterocycles. The Bertz CT molecular complexity index is 824. The SMILES string of the molecule is CC(=O)Nc1cccc(C(=O)NN=Cc2cc(Br)cc(Cl)c2O)c1. The third-order valence-corrected chi connectivity index (χ3v) is 3.62. The minimum Gasteiger partial charge on any atom is -0.506 e. The van der Waals surface area contributed by atoms with Crippen molar-refractivity contribution in [3.8, 4) is 5.75 Å². The fraction of sp³-hybridized carbons (Fsp3) is 0.0625. The lowest BCUT2D eigenvalue weighted by atomic mass is 10.2. The van der Waals surface area contributed by atoms with Crippen LogP contribution in [0.25, 0.3) is 0 Å². The molecule has 2 aromatic carbocycles. The summed E-state index contributed by atoms with van der Waals surface area (Å²) in [5.41, 5.74) is 3.53. The summed E-state index contributed by atoms with van der Waals surface area (Å²) in [4.78, 5) is 23.1. The molecule has 0 radical (unpaired) electrons. The van der Waals surface area contributed by atoms with E-state index in [0.717, 1.165) is 0 Å². The number of hydrazone groups is 1. The second-order valence-corrected chi connectivity index (χ2v) is 6.11. The number of amides is 2. The van der Waals surface area contributed by atoms with Crippen LogP contribution in [-0.2, 0) is 4.79 Å². The molecule has 0 aromatic heterocycles. The molecule has 0 fully saturated rings. The molecule has 6 nitrogen and oxygen atoms in total. The third-order valence-electron chi connectivity index (χ3n) is 2.87. The van der Waals surface area contributed by atoms with E-state index in [0.29, 0.717) is 21.3 Å². The normalized spacial score (nSPS) is 10.6. The molecule has 0 aliphatic carbocycles. The quantitative estimate of drug-likeness (QED) is 0.532. The van der Waals surface area contributed by atoms with E-state index < -0.39 is 5.91 Å². The maximum absolute atomic E-state index is 12.1. The van der Waals surface area contributed by atoms with Crippen molar-refractivity contribution < 1.29 is 14.7 Å². The van der Waals surface area contributed by atoms with Gasteiger partial charge in [0.05, 0.1) is 11.2 Å². The molecule has 2 rings (SSSR count). The fourth-order valence-electron chi connectivity index (χ4n) is 1.85. The van der Waals surface area contributed by atoms with Crippen LogP contribution in [0, 0.1) is 0 Å². The van der Waals surface area contributed by atoms with Crippen LogP contribution in [0.5, 0.6) is 5.75 Å². The van der Waals surface area contributed by atoms with Gasteiger partial charge >= 0.3 is 0 Å². The first-order valence-corrected chi connectivity index (χ1v) is 7.93. The third kappa shape index (κ3) is 4.81. The second-order valence-electron chi connectivity index (χ2n) is 4.79. The Balaban J connectivity index is 2.09. The predicted octanol–water partition coefficient (Wildman–Crippen LogP) is 3.53. The van der Waals surface area contributed by atoms with E-state index in [1.54, 1.807) is 30.3 Å². The van der Waals surface area contributed by atoms with Crippen molar-refractivity contribution in [3.63, 3.8) is 0 Å². The minimum atomic E-state index is -0.459. The molecule has 2 amide bonds. The Morgan fingerprint density at radius 2 is 2.04 bits per heavy atom. The Kier molecular flexibility index (Phi) is 5.94. The number of carbonyl (C=O) groups is 2. The van der Waals surface area contributed by atoms with E-state index in [1.165, 1.54) is 19.2 Å². The van der Waals surface area contributed by atoms with E-state index in [1.807, 2.05) is 0 Å². The van der Waals surface area contributed by atoms with Crippen LogP contribution in [-0.4, -0.2) is 23.1 Å². The van der Waals surface area contributed by atoms with Crippen molar-refractivity contribution >= 4 is 51.2 Å². The molecular weight excluding hydrogens is 398 g/mol. The summed E-state index contributed by atoms with van der Waals surface area (Å²) in [5, 5.41) is 16.4. The maximum Gasteiger partial charge on any atom is 0.271 e. The summed E-state index contributed by atoms with van der Waals surface area (Å²) in [6.07, 6.45) is 1.28. The van der Waals surface area contributed by atoms with Gasteiger partial charge in [0.15, 0.2) is 0 Å². The second kappa shape index (κ2) is 7.94. The summed E-state index contributed by atoms with van der Waals surface area (Å²) in [6, 6.07) is 9.57. The molecular formula is C16H13BrClN3O3. The van der Waals surface area contributed by atoms with Crippen molar-refractivity contribution in [2.24, 2.45) is 5.10 Å². The van der Waals surface area contributed by atoms with Gasteiger partial charge in [-0.1, -0.05) is 33.6 Å². The van der Waals surface area contributed by atoms with Gasteiger partial charge in [0.2, 0.25) is 5.91 Å². The van der Waals surface area contributed by atoms with E-state index in [-0.39, 0.29) is 16.7 Å². The van der Waals surface area contributed by atoms with Crippen LogP contribution in [0.4, 0.5) is 5.69 Å². The van der Waals surface area contributed by atoms with Crippen LogP contribution < -0.4 is 10.7 Å². The van der Waals surface area contributed by atoms with Gasteiger partial charge in [0, 0.05) is 28.2 Å². The smallest absolute Gasteiger partial charge is 0.271 e. The van der Waals surface area contributed by atoms with Crippen molar-refractivity contribution in [1.29, 1.82) is 0 Å². The van der Waals surface area contributed by atoms with Crippen molar-refractivity contribution in [1.82, 2.24) is 5.43 Å². The van der Waals surface area contributed by atoms with Crippen molar-refractivity contribution in [2.75, 3.05) is 5.32 Å². The zero-order chi connectivity index (χ0) is 17.7. The van der Waals surface area contributed by atoms with Crippen LogP contribution in [0.2, 0.25) is 5.02 Å². The number of hydrogen-bond acceptors (Lipinski definition) is 4. The first-order chi connectivity index (χ1) is 11.4. The van der Waals surface area contributed by atoms with E-state index in [9.17, 15) is 14.7 Å². The van der Waals surface area contributed by atoms with Crippen molar-refractivity contribution in [3.05, 3.63) is 57.0 Å². The summed E-state index contributed by atoms with van der Waals surface area (Å²) in [6.45, 7) is 1.38. The van der Waals surface area contributed by atoms with Gasteiger partial charge in [-0.15, -0.1) is 0 Å². The summed E-state index contributed by atoms with van der Waals surface area (Å²) in [5.74, 6) is -0.822. The molecule has 0 aliphatic heterocycles. The lowest BCUT2D eigenvalue weighted by Crippen LogP contribution is -2.18. The molecule has 24 heavy (non-hydrogen) atoms. The maximum atomic E-state index is 12.1. The monoisotopic (exact) mass is 409 g/mol. The van der Waals surface area contributed by atoms with Gasteiger partial charge in [0.1, 0.15) is 5.75 Å². The van der Waals surface area contributed by atoms with E-state index in [4.69, 9.17) is 11.6 Å². The average molecular weight is 411 g/mol. The van der Waals surface area contributed by atoms with E-state index in [2.05, 4.69) is 31.8 Å². The Morgan fingerprint density at radius 3 is 2.75 bits per heavy atom. The Labute approximate surface area is 151 Å².